The first-order valence-corrected chi connectivity index (χ1v) is 14.1. The molecular formula is C31H43F6N3O3. The molecule has 2 amide bonds. The molecule has 1 aliphatic rings. The molecule has 0 bridgehead atoms. The van der Waals surface area contributed by atoms with Gasteiger partial charge in [-0.2, -0.15) is 26.3 Å². The van der Waals surface area contributed by atoms with E-state index < -0.39 is 35.1 Å². The molecule has 2 aromatic rings. The maximum atomic E-state index is 12.5. The van der Waals surface area contributed by atoms with Crippen LogP contribution in [0.15, 0.2) is 48.5 Å². The molecule has 0 spiro atoms. The number of likely N-dealkylation sites (N-methyl/N-ethyl adjacent to an activating group) is 1. The smallest absolute Gasteiger partial charge is 0.377 e. The van der Waals surface area contributed by atoms with E-state index in [4.69, 9.17) is 4.74 Å². The SMILES string of the molecule is CCC(CC)(C(=O)NC)N1CCCC1=O.CNC(C)c1ccccc1.COC(C)c1cc(C(F)(F)F)cc(C(F)(F)F)c1. The van der Waals surface area contributed by atoms with Crippen LogP contribution in [0.4, 0.5) is 26.3 Å². The van der Waals surface area contributed by atoms with Gasteiger partial charge >= 0.3 is 12.4 Å². The minimum atomic E-state index is -4.83. The van der Waals surface area contributed by atoms with Crippen LogP contribution in [0.2, 0.25) is 0 Å². The topological polar surface area (TPSA) is 70.7 Å². The van der Waals surface area contributed by atoms with E-state index in [0.29, 0.717) is 44.0 Å². The van der Waals surface area contributed by atoms with Crippen molar-refractivity contribution in [2.75, 3.05) is 27.7 Å². The Hall–Kier alpha value is -3.12. The van der Waals surface area contributed by atoms with Crippen LogP contribution < -0.4 is 10.6 Å². The number of hydrogen-bond donors (Lipinski definition) is 2. The Morgan fingerprint density at radius 2 is 1.42 bits per heavy atom. The number of alkyl halides is 6. The lowest BCUT2D eigenvalue weighted by molar-refractivity contribution is -0.145. The summed E-state index contributed by atoms with van der Waals surface area (Å²) in [6.45, 7) is 8.16. The number of nitrogens with one attached hydrogen (secondary N) is 2. The number of rotatable bonds is 8. The van der Waals surface area contributed by atoms with Crippen molar-refractivity contribution in [3.05, 3.63) is 70.8 Å². The van der Waals surface area contributed by atoms with Gasteiger partial charge in [0.05, 0.1) is 17.2 Å². The summed E-state index contributed by atoms with van der Waals surface area (Å²) in [5.74, 6) is 0.0741. The summed E-state index contributed by atoms with van der Waals surface area (Å²) < 4.78 is 79.7. The summed E-state index contributed by atoms with van der Waals surface area (Å²) in [6, 6.07) is 12.3. The first-order valence-electron chi connectivity index (χ1n) is 14.1. The highest BCUT2D eigenvalue weighted by Crippen LogP contribution is 2.37. The molecule has 2 N–H and O–H groups in total. The number of likely N-dealkylation sites (tertiary alicyclic amines) is 1. The zero-order chi connectivity index (χ0) is 33.0. The van der Waals surface area contributed by atoms with Crippen LogP contribution in [0.25, 0.3) is 0 Å². The summed E-state index contributed by atoms with van der Waals surface area (Å²) in [5.41, 5.74) is -2.13. The maximum absolute atomic E-state index is 12.5. The van der Waals surface area contributed by atoms with Crippen molar-refractivity contribution < 1.29 is 40.7 Å². The summed E-state index contributed by atoms with van der Waals surface area (Å²) in [7, 11) is 4.80. The quantitative estimate of drug-likeness (QED) is 0.304. The fourth-order valence-corrected chi connectivity index (χ4v) is 4.67. The third kappa shape index (κ3) is 10.5. The maximum Gasteiger partial charge on any atom is 0.416 e. The van der Waals surface area contributed by atoms with Crippen LogP contribution in [-0.4, -0.2) is 50.0 Å². The van der Waals surface area contributed by atoms with Gasteiger partial charge in [-0.25, -0.2) is 0 Å². The van der Waals surface area contributed by atoms with Gasteiger partial charge in [0.1, 0.15) is 5.54 Å². The molecule has 0 saturated carbocycles. The fraction of sp³-hybridized carbons (Fsp3) is 0.548. The Bertz CT molecular complexity index is 1120. The van der Waals surface area contributed by atoms with Crippen molar-refractivity contribution in [2.45, 2.75) is 83.4 Å². The lowest BCUT2D eigenvalue weighted by Crippen LogP contribution is -2.58. The highest BCUT2D eigenvalue weighted by molar-refractivity contribution is 5.92. The van der Waals surface area contributed by atoms with Crippen LogP contribution in [0.3, 0.4) is 0 Å². The van der Waals surface area contributed by atoms with E-state index in [1.807, 2.05) is 27.0 Å². The predicted octanol–water partition coefficient (Wildman–Crippen LogP) is 7.31. The largest absolute Gasteiger partial charge is 0.416 e. The zero-order valence-electron chi connectivity index (χ0n) is 25.7. The number of carbonyl (C=O) groups is 2. The molecule has 0 aliphatic carbocycles. The van der Waals surface area contributed by atoms with Crippen LogP contribution in [0.1, 0.15) is 87.8 Å². The van der Waals surface area contributed by atoms with Crippen LogP contribution in [-0.2, 0) is 26.7 Å². The van der Waals surface area contributed by atoms with Gasteiger partial charge in [-0.1, -0.05) is 44.2 Å². The van der Waals surface area contributed by atoms with E-state index in [0.717, 1.165) is 6.42 Å². The second kappa shape index (κ2) is 16.7. The first kappa shape index (κ1) is 37.9. The Morgan fingerprint density at radius 3 is 1.77 bits per heavy atom. The van der Waals surface area contributed by atoms with Crippen molar-refractivity contribution in [3.8, 4) is 0 Å². The fourth-order valence-electron chi connectivity index (χ4n) is 4.67. The lowest BCUT2D eigenvalue weighted by Gasteiger charge is -2.38. The summed E-state index contributed by atoms with van der Waals surface area (Å²) in [5, 5.41) is 5.85. The normalized spacial score (nSPS) is 15.1. The number of amides is 2. The lowest BCUT2D eigenvalue weighted by atomic mass is 9.89. The van der Waals surface area contributed by atoms with Crippen molar-refractivity contribution >= 4 is 11.8 Å². The molecule has 2 atom stereocenters. The van der Waals surface area contributed by atoms with Crippen LogP contribution >= 0.6 is 0 Å². The second-order valence-corrected chi connectivity index (χ2v) is 10.1. The first-order chi connectivity index (χ1) is 20.0. The van der Waals surface area contributed by atoms with Gasteiger partial charge < -0.3 is 20.3 Å². The highest BCUT2D eigenvalue weighted by atomic mass is 19.4. The Balaban J connectivity index is 0.000000335. The molecular weight excluding hydrogens is 576 g/mol. The molecule has 1 saturated heterocycles. The predicted molar refractivity (Wildman–Crippen MR) is 154 cm³/mol. The van der Waals surface area contributed by atoms with Crippen LogP contribution in [0.5, 0.6) is 0 Å². The van der Waals surface area contributed by atoms with Gasteiger partial charge in [0, 0.05) is 33.2 Å². The van der Waals surface area contributed by atoms with E-state index in [2.05, 4.69) is 41.8 Å². The minimum Gasteiger partial charge on any atom is -0.377 e. The number of methoxy groups -OCH3 is 1. The third-order valence-electron chi connectivity index (χ3n) is 7.58. The van der Waals surface area contributed by atoms with Crippen LogP contribution in [0, 0.1) is 0 Å². The van der Waals surface area contributed by atoms with Crippen molar-refractivity contribution in [2.24, 2.45) is 0 Å². The van der Waals surface area contributed by atoms with Crippen molar-refractivity contribution in [1.82, 2.24) is 15.5 Å². The molecule has 3 rings (SSSR count). The molecule has 0 aromatic heterocycles. The third-order valence-corrected chi connectivity index (χ3v) is 7.58. The van der Waals surface area contributed by atoms with Gasteiger partial charge in [-0.3, -0.25) is 9.59 Å². The Kier molecular flexibility index (Phi) is 14.7. The molecule has 1 aliphatic heterocycles. The molecule has 0 radical (unpaired) electrons. The molecule has 242 valence electrons. The zero-order valence-corrected chi connectivity index (χ0v) is 25.7. The summed E-state index contributed by atoms with van der Waals surface area (Å²) in [6.07, 6.45) is -7.71. The number of nitrogens with zero attached hydrogens (tertiary/aromatic N) is 1. The number of benzene rings is 2. The molecule has 6 nitrogen and oxygen atoms in total. The van der Waals surface area contributed by atoms with Crippen molar-refractivity contribution in [1.29, 1.82) is 0 Å². The molecule has 1 heterocycles. The Labute approximate surface area is 250 Å². The summed E-state index contributed by atoms with van der Waals surface area (Å²) in [4.78, 5) is 25.4. The average molecular weight is 620 g/mol. The highest BCUT2D eigenvalue weighted by Gasteiger charge is 2.44. The van der Waals surface area contributed by atoms with E-state index in [1.165, 1.54) is 19.6 Å². The molecule has 12 heteroatoms. The molecule has 43 heavy (non-hydrogen) atoms. The van der Waals surface area contributed by atoms with E-state index in [1.54, 1.807) is 11.9 Å². The van der Waals surface area contributed by atoms with E-state index in [9.17, 15) is 35.9 Å². The van der Waals surface area contributed by atoms with Gasteiger partial charge in [-0.15, -0.1) is 0 Å². The van der Waals surface area contributed by atoms with E-state index >= 15 is 0 Å². The average Bonchev–Trinajstić information content (AvgIpc) is 3.43. The molecule has 2 unspecified atom stereocenters. The number of ether oxygens (including phenoxy) is 1. The molecule has 2 aromatic carbocycles. The molecule has 1 fully saturated rings. The van der Waals surface area contributed by atoms with Crippen molar-refractivity contribution in [3.63, 3.8) is 0 Å². The number of hydrogen-bond acceptors (Lipinski definition) is 4. The number of halogens is 6. The van der Waals surface area contributed by atoms with Gasteiger partial charge in [0.25, 0.3) is 0 Å². The monoisotopic (exact) mass is 619 g/mol. The second-order valence-electron chi connectivity index (χ2n) is 10.1. The van der Waals surface area contributed by atoms with Gasteiger partial charge in [0.15, 0.2) is 0 Å². The van der Waals surface area contributed by atoms with E-state index in [-0.39, 0.29) is 23.4 Å². The van der Waals surface area contributed by atoms with Gasteiger partial charge in [0.2, 0.25) is 11.8 Å². The standard InChI is InChI=1S/C11H10F6O.C11H20N2O2.C9H13N/c1-6(18-2)7-3-8(10(12,13)14)5-9(4-7)11(15,16)17;1-4-11(5-2,10(15)12-3)13-8-6-7-9(13)14;1-8(10-2)9-6-4-3-5-7-9/h3-6H,1-2H3;4-8H2,1-3H3,(H,12,15);3-8,10H,1-2H3. The number of carbonyl (C=O) groups excluding carboxylic acids is 2. The minimum absolute atomic E-state index is 0.0391. The Morgan fingerprint density at radius 1 is 0.907 bits per heavy atom. The summed E-state index contributed by atoms with van der Waals surface area (Å²) >= 11 is 0. The van der Waals surface area contributed by atoms with Gasteiger partial charge in [-0.05, 0) is 69.5 Å².